The van der Waals surface area contributed by atoms with Crippen LogP contribution in [0.1, 0.15) is 24.8 Å². The highest BCUT2D eigenvalue weighted by molar-refractivity contribution is 7.98. The third-order valence-corrected chi connectivity index (χ3v) is 4.72. The lowest BCUT2D eigenvalue weighted by Gasteiger charge is -2.24. The lowest BCUT2D eigenvalue weighted by molar-refractivity contribution is 0.0707. The summed E-state index contributed by atoms with van der Waals surface area (Å²) in [6.45, 7) is 4.33. The standard InChI is InChI=1S/C14H23NOS2/c1-17-8-3-6-15(10-13-5-9-18-12-13)11-14-4-2-7-16-14/h5,9,12,14H,2-4,6-8,10-11H2,1H3/t14-/m0/s1. The van der Waals surface area contributed by atoms with Gasteiger partial charge in [0.2, 0.25) is 0 Å². The first-order valence-electron chi connectivity index (χ1n) is 6.72. The Balaban J connectivity index is 1.80. The summed E-state index contributed by atoms with van der Waals surface area (Å²) in [5, 5.41) is 4.43. The molecule has 0 radical (unpaired) electrons. The van der Waals surface area contributed by atoms with Crippen LogP contribution in [-0.4, -0.2) is 42.7 Å². The van der Waals surface area contributed by atoms with Crippen molar-refractivity contribution in [1.82, 2.24) is 4.90 Å². The number of thiophene rings is 1. The lowest BCUT2D eigenvalue weighted by Crippen LogP contribution is -2.32. The zero-order valence-corrected chi connectivity index (χ0v) is 12.8. The summed E-state index contributed by atoms with van der Waals surface area (Å²) in [4.78, 5) is 2.56. The van der Waals surface area contributed by atoms with Gasteiger partial charge in [-0.25, -0.2) is 0 Å². The maximum atomic E-state index is 5.76. The van der Waals surface area contributed by atoms with E-state index in [0.717, 1.165) is 19.7 Å². The van der Waals surface area contributed by atoms with Crippen LogP contribution in [-0.2, 0) is 11.3 Å². The summed E-state index contributed by atoms with van der Waals surface area (Å²) in [5.74, 6) is 1.26. The van der Waals surface area contributed by atoms with E-state index in [1.54, 1.807) is 11.3 Å². The molecule has 0 bridgehead atoms. The minimum absolute atomic E-state index is 0.470. The van der Waals surface area contributed by atoms with Crippen LogP contribution in [0.5, 0.6) is 0 Å². The molecule has 0 saturated carbocycles. The van der Waals surface area contributed by atoms with E-state index in [-0.39, 0.29) is 0 Å². The fourth-order valence-corrected chi connectivity index (χ4v) is 3.46. The molecule has 1 aromatic heterocycles. The molecule has 4 heteroatoms. The van der Waals surface area contributed by atoms with Crippen LogP contribution in [0.15, 0.2) is 16.8 Å². The van der Waals surface area contributed by atoms with Crippen molar-refractivity contribution in [3.8, 4) is 0 Å². The fourth-order valence-electron chi connectivity index (χ4n) is 2.38. The quantitative estimate of drug-likeness (QED) is 0.679. The van der Waals surface area contributed by atoms with Crippen LogP contribution in [0.25, 0.3) is 0 Å². The summed E-state index contributed by atoms with van der Waals surface area (Å²) in [7, 11) is 0. The summed E-state index contributed by atoms with van der Waals surface area (Å²) in [6, 6.07) is 2.24. The second-order valence-corrected chi connectivity index (χ2v) is 6.61. The smallest absolute Gasteiger partial charge is 0.0702 e. The van der Waals surface area contributed by atoms with E-state index in [0.29, 0.717) is 6.10 Å². The lowest BCUT2D eigenvalue weighted by atomic mass is 10.2. The Morgan fingerprint density at radius 3 is 3.17 bits per heavy atom. The number of nitrogens with zero attached hydrogens (tertiary/aromatic N) is 1. The fraction of sp³-hybridized carbons (Fsp3) is 0.714. The van der Waals surface area contributed by atoms with Crippen molar-refractivity contribution in [2.45, 2.75) is 31.9 Å². The van der Waals surface area contributed by atoms with E-state index in [2.05, 4.69) is 28.0 Å². The number of thioether (sulfide) groups is 1. The first kappa shape index (κ1) is 14.4. The normalized spacial score (nSPS) is 19.8. The van der Waals surface area contributed by atoms with E-state index < -0.39 is 0 Å². The topological polar surface area (TPSA) is 12.5 Å². The van der Waals surface area contributed by atoms with E-state index in [1.807, 2.05) is 11.8 Å². The van der Waals surface area contributed by atoms with Crippen molar-refractivity contribution in [3.05, 3.63) is 22.4 Å². The summed E-state index contributed by atoms with van der Waals surface area (Å²) in [6.07, 6.45) is 6.41. The van der Waals surface area contributed by atoms with Gasteiger partial charge in [-0.1, -0.05) is 0 Å². The van der Waals surface area contributed by atoms with Gasteiger partial charge in [0.1, 0.15) is 0 Å². The largest absolute Gasteiger partial charge is 0.377 e. The summed E-state index contributed by atoms with van der Waals surface area (Å²) in [5.41, 5.74) is 1.45. The number of hydrogen-bond donors (Lipinski definition) is 0. The molecule has 102 valence electrons. The Morgan fingerprint density at radius 1 is 1.56 bits per heavy atom. The van der Waals surface area contributed by atoms with Gasteiger partial charge in [-0.2, -0.15) is 23.1 Å². The monoisotopic (exact) mass is 285 g/mol. The third kappa shape index (κ3) is 4.92. The number of rotatable bonds is 8. The third-order valence-electron chi connectivity index (χ3n) is 3.29. The Morgan fingerprint density at radius 2 is 2.50 bits per heavy atom. The Labute approximate surface area is 119 Å². The van der Waals surface area contributed by atoms with Gasteiger partial charge < -0.3 is 4.74 Å². The van der Waals surface area contributed by atoms with Gasteiger partial charge in [0, 0.05) is 19.7 Å². The number of ether oxygens (including phenoxy) is 1. The molecule has 1 saturated heterocycles. The van der Waals surface area contributed by atoms with E-state index >= 15 is 0 Å². The molecule has 0 aromatic carbocycles. The molecule has 18 heavy (non-hydrogen) atoms. The average molecular weight is 285 g/mol. The SMILES string of the molecule is CSCCCN(Cc1ccsc1)C[C@@H]1CCCO1. The molecular formula is C14H23NOS2. The molecule has 0 unspecified atom stereocenters. The van der Waals surface area contributed by atoms with Gasteiger partial charge in [-0.15, -0.1) is 0 Å². The Kier molecular flexibility index (Phi) is 6.55. The molecule has 1 fully saturated rings. The van der Waals surface area contributed by atoms with E-state index in [9.17, 15) is 0 Å². The van der Waals surface area contributed by atoms with Crippen LogP contribution in [0.4, 0.5) is 0 Å². The molecule has 0 aliphatic carbocycles. The second-order valence-electron chi connectivity index (χ2n) is 4.85. The van der Waals surface area contributed by atoms with Crippen molar-refractivity contribution in [3.63, 3.8) is 0 Å². The predicted octanol–water partition coefficient (Wildman–Crippen LogP) is 3.48. The molecule has 2 heterocycles. The number of hydrogen-bond acceptors (Lipinski definition) is 4. The zero-order chi connectivity index (χ0) is 12.6. The molecule has 1 aliphatic heterocycles. The molecule has 1 aliphatic rings. The second kappa shape index (κ2) is 8.20. The van der Waals surface area contributed by atoms with Gasteiger partial charge in [0.15, 0.2) is 0 Å². The predicted molar refractivity (Wildman–Crippen MR) is 81.6 cm³/mol. The van der Waals surface area contributed by atoms with Crippen molar-refractivity contribution >= 4 is 23.1 Å². The van der Waals surface area contributed by atoms with Gasteiger partial charge in [-0.3, -0.25) is 4.90 Å². The minimum atomic E-state index is 0.470. The molecule has 1 aromatic rings. The average Bonchev–Trinajstić information content (AvgIpc) is 3.02. The first-order chi connectivity index (χ1) is 8.88. The molecule has 2 rings (SSSR count). The zero-order valence-electron chi connectivity index (χ0n) is 11.1. The van der Waals surface area contributed by atoms with Gasteiger partial charge in [0.05, 0.1) is 6.10 Å². The van der Waals surface area contributed by atoms with Crippen LogP contribution >= 0.6 is 23.1 Å². The highest BCUT2D eigenvalue weighted by Crippen LogP contribution is 2.16. The van der Waals surface area contributed by atoms with Gasteiger partial charge >= 0.3 is 0 Å². The van der Waals surface area contributed by atoms with Crippen LogP contribution in [0, 0.1) is 0 Å². The van der Waals surface area contributed by atoms with Crippen molar-refractivity contribution in [1.29, 1.82) is 0 Å². The van der Waals surface area contributed by atoms with E-state index in [1.165, 1.54) is 37.1 Å². The molecule has 0 amide bonds. The van der Waals surface area contributed by atoms with Gasteiger partial charge in [-0.05, 0) is 60.2 Å². The minimum Gasteiger partial charge on any atom is -0.377 e. The van der Waals surface area contributed by atoms with Crippen LogP contribution in [0.2, 0.25) is 0 Å². The molecule has 1 atom stereocenters. The maximum absolute atomic E-state index is 5.76. The maximum Gasteiger partial charge on any atom is 0.0702 e. The molecular weight excluding hydrogens is 262 g/mol. The Hall–Kier alpha value is -0.0300. The summed E-state index contributed by atoms with van der Waals surface area (Å²) >= 11 is 3.73. The Bertz CT molecular complexity index is 310. The first-order valence-corrected chi connectivity index (χ1v) is 9.06. The molecule has 0 N–H and O–H groups in total. The van der Waals surface area contributed by atoms with Crippen LogP contribution in [0.3, 0.4) is 0 Å². The van der Waals surface area contributed by atoms with Crippen molar-refractivity contribution < 1.29 is 4.74 Å². The molecule has 0 spiro atoms. The van der Waals surface area contributed by atoms with Crippen LogP contribution < -0.4 is 0 Å². The summed E-state index contributed by atoms with van der Waals surface area (Å²) < 4.78 is 5.76. The van der Waals surface area contributed by atoms with Crippen molar-refractivity contribution in [2.75, 3.05) is 31.7 Å². The highest BCUT2D eigenvalue weighted by atomic mass is 32.2. The van der Waals surface area contributed by atoms with Gasteiger partial charge in [0.25, 0.3) is 0 Å². The molecule has 2 nitrogen and oxygen atoms in total. The highest BCUT2D eigenvalue weighted by Gasteiger charge is 2.19. The van der Waals surface area contributed by atoms with Crippen molar-refractivity contribution in [2.24, 2.45) is 0 Å². The van der Waals surface area contributed by atoms with E-state index in [4.69, 9.17) is 4.74 Å².